The number of nitrogens with two attached hydrogens (primary N) is 1. The molecule has 0 aliphatic carbocycles. The Bertz CT molecular complexity index is 766. The first-order valence-electron chi connectivity index (χ1n) is 5.65. The summed E-state index contributed by atoms with van der Waals surface area (Å²) < 4.78 is 26.8. The first kappa shape index (κ1) is 14.5. The Morgan fingerprint density at radius 3 is 2.65 bits per heavy atom. The molecule has 0 radical (unpaired) electrons. The van der Waals surface area contributed by atoms with Crippen molar-refractivity contribution in [1.82, 2.24) is 4.98 Å². The van der Waals surface area contributed by atoms with E-state index in [9.17, 15) is 13.2 Å². The van der Waals surface area contributed by atoms with Gasteiger partial charge in [-0.1, -0.05) is 0 Å². The van der Waals surface area contributed by atoms with Gasteiger partial charge in [0.1, 0.15) is 5.69 Å². The summed E-state index contributed by atoms with van der Waals surface area (Å²) in [6, 6.07) is 4.54. The predicted molar refractivity (Wildman–Crippen MR) is 78.5 cm³/mol. The first-order chi connectivity index (χ1) is 9.29. The molecule has 6 nitrogen and oxygen atoms in total. The predicted octanol–water partition coefficient (Wildman–Crippen LogP) is 2.04. The number of sulfonamides is 1. The van der Waals surface area contributed by atoms with E-state index in [-0.39, 0.29) is 21.5 Å². The summed E-state index contributed by atoms with van der Waals surface area (Å²) in [5.74, 6) is -0.213. The van der Waals surface area contributed by atoms with Crippen LogP contribution in [-0.4, -0.2) is 19.2 Å². The summed E-state index contributed by atoms with van der Waals surface area (Å²) in [5, 5.41) is 1.67. The summed E-state index contributed by atoms with van der Waals surface area (Å²) in [7, 11) is -3.74. The fourth-order valence-corrected chi connectivity index (χ4v) is 3.86. The minimum absolute atomic E-state index is 0.131. The minimum atomic E-state index is -3.74. The van der Waals surface area contributed by atoms with Gasteiger partial charge in [0, 0.05) is 18.0 Å². The molecule has 2 rings (SSSR count). The van der Waals surface area contributed by atoms with Crippen LogP contribution in [0.2, 0.25) is 0 Å². The van der Waals surface area contributed by atoms with Gasteiger partial charge in [-0.05, 0) is 30.7 Å². The third kappa shape index (κ3) is 2.97. The van der Waals surface area contributed by atoms with Crippen molar-refractivity contribution in [2.45, 2.75) is 18.7 Å². The highest BCUT2D eigenvalue weighted by Gasteiger charge is 2.19. The van der Waals surface area contributed by atoms with Gasteiger partial charge in [0.05, 0.1) is 4.90 Å². The quantitative estimate of drug-likeness (QED) is 0.664. The van der Waals surface area contributed by atoms with Crippen LogP contribution in [0, 0.1) is 6.92 Å². The van der Waals surface area contributed by atoms with Crippen LogP contribution in [0.4, 0.5) is 10.8 Å². The molecule has 0 amide bonds. The van der Waals surface area contributed by atoms with Gasteiger partial charge in [0.15, 0.2) is 10.9 Å². The number of aryl methyl sites for hydroxylation is 1. The largest absolute Gasteiger partial charge is 0.399 e. The minimum Gasteiger partial charge on any atom is -0.399 e. The molecule has 0 saturated carbocycles. The number of nitrogens with zero attached hydrogens (tertiary/aromatic N) is 1. The molecule has 0 fully saturated rings. The number of hydrogen-bond acceptors (Lipinski definition) is 6. The van der Waals surface area contributed by atoms with Gasteiger partial charge in [-0.15, -0.1) is 11.3 Å². The van der Waals surface area contributed by atoms with Crippen molar-refractivity contribution in [2.75, 3.05) is 10.5 Å². The van der Waals surface area contributed by atoms with Crippen molar-refractivity contribution in [1.29, 1.82) is 0 Å². The van der Waals surface area contributed by atoms with Crippen LogP contribution < -0.4 is 10.5 Å². The molecule has 0 aliphatic heterocycles. The van der Waals surface area contributed by atoms with Crippen LogP contribution >= 0.6 is 11.3 Å². The van der Waals surface area contributed by atoms with E-state index in [0.717, 1.165) is 11.3 Å². The Balaban J connectivity index is 2.33. The van der Waals surface area contributed by atoms with Crippen LogP contribution in [-0.2, 0) is 10.0 Å². The van der Waals surface area contributed by atoms with Gasteiger partial charge in [-0.25, -0.2) is 13.4 Å². The van der Waals surface area contributed by atoms with E-state index in [4.69, 9.17) is 5.73 Å². The number of nitrogens with one attached hydrogen (secondary N) is 1. The van der Waals surface area contributed by atoms with E-state index in [1.54, 1.807) is 13.0 Å². The van der Waals surface area contributed by atoms with Crippen LogP contribution in [0.15, 0.2) is 28.5 Å². The topological polar surface area (TPSA) is 102 Å². The van der Waals surface area contributed by atoms with E-state index < -0.39 is 10.0 Å². The maximum atomic E-state index is 12.2. The lowest BCUT2D eigenvalue weighted by Crippen LogP contribution is -2.14. The number of carbonyl (C=O) groups is 1. The monoisotopic (exact) mass is 311 g/mol. The first-order valence-corrected chi connectivity index (χ1v) is 8.01. The molecule has 0 bridgehead atoms. The number of carbonyl (C=O) groups excluding carboxylic acids is 1. The molecular formula is C12H13N3O3S2. The number of benzene rings is 1. The summed E-state index contributed by atoms with van der Waals surface area (Å²) in [4.78, 5) is 15.2. The van der Waals surface area contributed by atoms with Crippen molar-refractivity contribution >= 4 is 38.0 Å². The number of thiazole rings is 1. The maximum Gasteiger partial charge on any atom is 0.263 e. The molecule has 1 aromatic heterocycles. The highest BCUT2D eigenvalue weighted by Crippen LogP contribution is 2.23. The number of rotatable bonds is 4. The van der Waals surface area contributed by atoms with Crippen molar-refractivity contribution in [2.24, 2.45) is 0 Å². The van der Waals surface area contributed by atoms with Crippen molar-refractivity contribution < 1.29 is 13.2 Å². The smallest absolute Gasteiger partial charge is 0.263 e. The fraction of sp³-hybridized carbons (Fsp3) is 0.167. The van der Waals surface area contributed by atoms with Gasteiger partial charge in [-0.3, -0.25) is 9.52 Å². The van der Waals surface area contributed by atoms with E-state index in [2.05, 4.69) is 9.71 Å². The third-order valence-corrected chi connectivity index (χ3v) is 4.96. The fourth-order valence-electron chi connectivity index (χ4n) is 1.63. The zero-order valence-electron chi connectivity index (χ0n) is 10.9. The summed E-state index contributed by atoms with van der Waals surface area (Å²) in [6.45, 7) is 3.03. The molecule has 0 aliphatic rings. The SMILES string of the molecule is CC(=O)c1csc(NS(=O)(=O)c2ccc(N)cc2C)n1. The summed E-state index contributed by atoms with van der Waals surface area (Å²) in [5.41, 5.74) is 6.87. The molecule has 1 heterocycles. The Kier molecular flexibility index (Phi) is 3.78. The van der Waals surface area contributed by atoms with E-state index in [1.807, 2.05) is 0 Å². The van der Waals surface area contributed by atoms with Gasteiger partial charge >= 0.3 is 0 Å². The van der Waals surface area contributed by atoms with Crippen LogP contribution in [0.3, 0.4) is 0 Å². The van der Waals surface area contributed by atoms with E-state index in [0.29, 0.717) is 11.3 Å². The average molecular weight is 311 g/mol. The second kappa shape index (κ2) is 5.22. The van der Waals surface area contributed by atoms with Crippen molar-refractivity contribution in [3.8, 4) is 0 Å². The second-order valence-electron chi connectivity index (χ2n) is 4.22. The number of nitrogen functional groups attached to an aromatic ring is 1. The molecule has 20 heavy (non-hydrogen) atoms. The van der Waals surface area contributed by atoms with E-state index in [1.165, 1.54) is 24.4 Å². The highest BCUT2D eigenvalue weighted by molar-refractivity contribution is 7.93. The highest BCUT2D eigenvalue weighted by atomic mass is 32.2. The van der Waals surface area contributed by atoms with Gasteiger partial charge in [0.2, 0.25) is 0 Å². The third-order valence-electron chi connectivity index (χ3n) is 2.58. The molecule has 1 aromatic carbocycles. The lowest BCUT2D eigenvalue weighted by molar-refractivity contribution is 0.101. The number of Topliss-reactive ketones (excluding diaryl/α,β-unsaturated/α-hetero) is 1. The molecule has 3 N–H and O–H groups in total. The van der Waals surface area contributed by atoms with Gasteiger partial charge < -0.3 is 5.73 Å². The van der Waals surface area contributed by atoms with Crippen LogP contribution in [0.5, 0.6) is 0 Å². The zero-order valence-corrected chi connectivity index (χ0v) is 12.5. The normalized spacial score (nSPS) is 11.3. The lowest BCUT2D eigenvalue weighted by atomic mass is 10.2. The Morgan fingerprint density at radius 1 is 1.40 bits per heavy atom. The standard InChI is InChI=1S/C12H13N3O3S2/c1-7-5-9(13)3-4-11(7)20(17,18)15-12-14-10(6-19-12)8(2)16/h3-6H,13H2,1-2H3,(H,14,15). The zero-order chi connectivity index (χ0) is 14.9. The summed E-state index contributed by atoms with van der Waals surface area (Å²) >= 11 is 1.06. The Hall–Kier alpha value is -1.93. The lowest BCUT2D eigenvalue weighted by Gasteiger charge is -2.08. The van der Waals surface area contributed by atoms with Gasteiger partial charge in [-0.2, -0.15) is 0 Å². The number of anilines is 2. The van der Waals surface area contributed by atoms with E-state index >= 15 is 0 Å². The van der Waals surface area contributed by atoms with Crippen LogP contribution in [0.1, 0.15) is 23.0 Å². The maximum absolute atomic E-state index is 12.2. The number of aromatic nitrogens is 1. The van der Waals surface area contributed by atoms with Crippen molar-refractivity contribution in [3.63, 3.8) is 0 Å². The molecule has 2 aromatic rings. The Labute approximate surface area is 120 Å². The second-order valence-corrected chi connectivity index (χ2v) is 6.73. The molecule has 0 unspecified atom stereocenters. The number of ketones is 1. The molecule has 0 spiro atoms. The Morgan fingerprint density at radius 2 is 2.10 bits per heavy atom. The summed E-state index contributed by atoms with van der Waals surface area (Å²) in [6.07, 6.45) is 0. The molecule has 8 heteroatoms. The average Bonchev–Trinajstić information content (AvgIpc) is 2.76. The molecule has 0 atom stereocenters. The van der Waals surface area contributed by atoms with Crippen molar-refractivity contribution in [3.05, 3.63) is 34.8 Å². The number of hydrogen-bond donors (Lipinski definition) is 2. The van der Waals surface area contributed by atoms with Gasteiger partial charge in [0.25, 0.3) is 10.0 Å². The molecule has 0 saturated heterocycles. The molecular weight excluding hydrogens is 298 g/mol. The molecule has 106 valence electrons. The van der Waals surface area contributed by atoms with Crippen LogP contribution in [0.25, 0.3) is 0 Å².